The molecule has 2 heterocycles. The summed E-state index contributed by atoms with van der Waals surface area (Å²) in [6, 6.07) is 0.594. The fourth-order valence-corrected chi connectivity index (χ4v) is 2.63. The fraction of sp³-hybridized carbons (Fsp3) is 0.692. The van der Waals surface area contributed by atoms with E-state index in [9.17, 15) is 4.79 Å². The van der Waals surface area contributed by atoms with E-state index in [1.54, 1.807) is 6.92 Å². The molecular formula is C13H22N4O. The number of aryl methyl sites for hydroxylation is 1. The van der Waals surface area contributed by atoms with Crippen molar-refractivity contribution in [1.29, 1.82) is 0 Å². The van der Waals surface area contributed by atoms with Gasteiger partial charge in [0.05, 0.1) is 6.20 Å². The topological polar surface area (TPSA) is 50.2 Å². The number of carbonyl (C=O) groups excluding carboxylic acids is 1. The summed E-state index contributed by atoms with van der Waals surface area (Å²) in [7, 11) is 1.95. The predicted octanol–water partition coefficient (Wildman–Crippen LogP) is 0.911. The molecule has 1 aliphatic rings. The number of hydrogen-bond donors (Lipinski definition) is 1. The van der Waals surface area contributed by atoms with E-state index in [1.165, 1.54) is 18.4 Å². The Morgan fingerprint density at radius 2 is 2.44 bits per heavy atom. The molecule has 1 fully saturated rings. The Morgan fingerprint density at radius 1 is 1.61 bits per heavy atom. The van der Waals surface area contributed by atoms with E-state index in [0.29, 0.717) is 6.04 Å². The van der Waals surface area contributed by atoms with Crippen LogP contribution in [0.3, 0.4) is 0 Å². The smallest absolute Gasteiger partial charge is 0.216 e. The second-order valence-corrected chi connectivity index (χ2v) is 5.06. The third kappa shape index (κ3) is 3.57. The van der Waals surface area contributed by atoms with Crippen LogP contribution >= 0.6 is 0 Å². The highest BCUT2D eigenvalue weighted by Gasteiger charge is 2.24. The Morgan fingerprint density at radius 3 is 3.11 bits per heavy atom. The summed E-state index contributed by atoms with van der Waals surface area (Å²) in [5, 5.41) is 7.08. The molecule has 0 spiro atoms. The van der Waals surface area contributed by atoms with Gasteiger partial charge in [-0.05, 0) is 25.8 Å². The maximum absolute atomic E-state index is 10.9. The van der Waals surface area contributed by atoms with Crippen LogP contribution in [0.15, 0.2) is 12.4 Å². The summed E-state index contributed by atoms with van der Waals surface area (Å²) in [5.74, 6) is 0.0619. The van der Waals surface area contributed by atoms with Gasteiger partial charge in [0.1, 0.15) is 0 Å². The molecule has 5 heteroatoms. The van der Waals surface area contributed by atoms with Crippen LogP contribution in [0.5, 0.6) is 0 Å². The minimum absolute atomic E-state index is 0.0619. The number of carbonyl (C=O) groups is 1. The third-order valence-corrected chi connectivity index (χ3v) is 3.49. The molecule has 0 aromatic carbocycles. The van der Waals surface area contributed by atoms with Crippen molar-refractivity contribution in [3.05, 3.63) is 18.0 Å². The van der Waals surface area contributed by atoms with E-state index in [2.05, 4.69) is 21.5 Å². The normalized spacial score (nSPS) is 20.2. The molecule has 5 nitrogen and oxygen atoms in total. The second-order valence-electron chi connectivity index (χ2n) is 5.06. The van der Waals surface area contributed by atoms with Gasteiger partial charge >= 0.3 is 0 Å². The fourth-order valence-electron chi connectivity index (χ4n) is 2.63. The van der Waals surface area contributed by atoms with Crippen LogP contribution in [-0.4, -0.2) is 39.7 Å². The lowest BCUT2D eigenvalue weighted by Crippen LogP contribution is -2.33. The molecule has 1 aliphatic heterocycles. The lowest BCUT2D eigenvalue weighted by molar-refractivity contribution is -0.119. The van der Waals surface area contributed by atoms with Crippen LogP contribution in [-0.2, 0) is 18.4 Å². The lowest BCUT2D eigenvalue weighted by Gasteiger charge is -2.23. The first-order valence-corrected chi connectivity index (χ1v) is 6.61. The summed E-state index contributed by atoms with van der Waals surface area (Å²) in [6.45, 7) is 4.48. The van der Waals surface area contributed by atoms with Crippen molar-refractivity contribution in [3.8, 4) is 0 Å². The van der Waals surface area contributed by atoms with E-state index in [-0.39, 0.29) is 5.91 Å². The maximum Gasteiger partial charge on any atom is 0.216 e. The van der Waals surface area contributed by atoms with Crippen LogP contribution in [0.2, 0.25) is 0 Å². The molecular weight excluding hydrogens is 228 g/mol. The monoisotopic (exact) mass is 250 g/mol. The zero-order valence-corrected chi connectivity index (χ0v) is 11.2. The van der Waals surface area contributed by atoms with E-state index in [1.807, 2.05) is 17.9 Å². The summed E-state index contributed by atoms with van der Waals surface area (Å²) in [5.41, 5.74) is 1.27. The third-order valence-electron chi connectivity index (χ3n) is 3.49. The van der Waals surface area contributed by atoms with Crippen molar-refractivity contribution >= 4 is 5.91 Å². The zero-order valence-electron chi connectivity index (χ0n) is 11.2. The van der Waals surface area contributed by atoms with Crippen molar-refractivity contribution in [2.45, 2.75) is 38.8 Å². The molecule has 1 aromatic rings. The van der Waals surface area contributed by atoms with Crippen LogP contribution in [0.25, 0.3) is 0 Å². The Kier molecular flexibility index (Phi) is 4.36. The number of amides is 1. The molecule has 0 bridgehead atoms. The van der Waals surface area contributed by atoms with Crippen molar-refractivity contribution in [2.75, 3.05) is 13.1 Å². The first-order valence-electron chi connectivity index (χ1n) is 6.61. The minimum Gasteiger partial charge on any atom is -0.356 e. The van der Waals surface area contributed by atoms with Gasteiger partial charge in [0.15, 0.2) is 0 Å². The highest BCUT2D eigenvalue weighted by Crippen LogP contribution is 2.21. The van der Waals surface area contributed by atoms with Gasteiger partial charge < -0.3 is 5.32 Å². The molecule has 0 radical (unpaired) electrons. The van der Waals surface area contributed by atoms with Gasteiger partial charge in [-0.25, -0.2) is 0 Å². The van der Waals surface area contributed by atoms with Gasteiger partial charge in [-0.15, -0.1) is 0 Å². The minimum atomic E-state index is 0.0619. The lowest BCUT2D eigenvalue weighted by atomic mass is 10.1. The predicted molar refractivity (Wildman–Crippen MR) is 69.9 cm³/mol. The van der Waals surface area contributed by atoms with Gasteiger partial charge in [0, 0.05) is 44.9 Å². The number of aromatic nitrogens is 2. The molecule has 0 aliphatic carbocycles. The quantitative estimate of drug-likeness (QED) is 0.845. The Bertz CT molecular complexity index is 401. The summed E-state index contributed by atoms with van der Waals surface area (Å²) < 4.78 is 1.84. The highest BCUT2D eigenvalue weighted by atomic mass is 16.1. The van der Waals surface area contributed by atoms with Crippen molar-refractivity contribution in [1.82, 2.24) is 20.0 Å². The standard InChI is InChI=1S/C13H22N4O/c1-11(18)14-6-5-13-4-3-7-17(13)10-12-8-15-16(2)9-12/h8-9,13H,3-7,10H2,1-2H3,(H,14,18)/t13-/m1/s1. The van der Waals surface area contributed by atoms with E-state index in [0.717, 1.165) is 26.1 Å². The molecule has 1 amide bonds. The maximum atomic E-state index is 10.9. The zero-order chi connectivity index (χ0) is 13.0. The Hall–Kier alpha value is -1.36. The molecule has 2 rings (SSSR count). The SMILES string of the molecule is CC(=O)NCC[C@H]1CCCN1Cc1cnn(C)c1. The average molecular weight is 250 g/mol. The molecule has 100 valence electrons. The number of likely N-dealkylation sites (tertiary alicyclic amines) is 1. The van der Waals surface area contributed by atoms with Gasteiger partial charge in [-0.1, -0.05) is 0 Å². The molecule has 18 heavy (non-hydrogen) atoms. The van der Waals surface area contributed by atoms with Crippen molar-refractivity contribution in [2.24, 2.45) is 7.05 Å². The highest BCUT2D eigenvalue weighted by molar-refractivity contribution is 5.72. The second kappa shape index (κ2) is 6.00. The molecule has 1 atom stereocenters. The van der Waals surface area contributed by atoms with Gasteiger partial charge in [-0.3, -0.25) is 14.4 Å². The van der Waals surface area contributed by atoms with E-state index in [4.69, 9.17) is 0 Å². The largest absolute Gasteiger partial charge is 0.356 e. The van der Waals surface area contributed by atoms with Crippen molar-refractivity contribution < 1.29 is 4.79 Å². The van der Waals surface area contributed by atoms with Crippen LogP contribution in [0, 0.1) is 0 Å². The molecule has 1 saturated heterocycles. The van der Waals surface area contributed by atoms with Gasteiger partial charge in [-0.2, -0.15) is 5.10 Å². The summed E-state index contributed by atoms with van der Waals surface area (Å²) in [6.07, 6.45) is 7.54. The Labute approximate surface area is 108 Å². The van der Waals surface area contributed by atoms with Crippen LogP contribution in [0.1, 0.15) is 31.7 Å². The van der Waals surface area contributed by atoms with E-state index >= 15 is 0 Å². The number of hydrogen-bond acceptors (Lipinski definition) is 3. The van der Waals surface area contributed by atoms with Crippen LogP contribution < -0.4 is 5.32 Å². The Balaban J connectivity index is 1.81. The van der Waals surface area contributed by atoms with Crippen molar-refractivity contribution in [3.63, 3.8) is 0 Å². The first kappa shape index (κ1) is 13.1. The molecule has 0 unspecified atom stereocenters. The number of nitrogens with zero attached hydrogens (tertiary/aromatic N) is 3. The average Bonchev–Trinajstić information content (AvgIpc) is 2.89. The molecule has 1 aromatic heterocycles. The van der Waals surface area contributed by atoms with Gasteiger partial charge in [0.2, 0.25) is 5.91 Å². The summed E-state index contributed by atoms with van der Waals surface area (Å²) >= 11 is 0. The van der Waals surface area contributed by atoms with Crippen LogP contribution in [0.4, 0.5) is 0 Å². The number of nitrogens with one attached hydrogen (secondary N) is 1. The molecule has 0 saturated carbocycles. The van der Waals surface area contributed by atoms with Gasteiger partial charge in [0.25, 0.3) is 0 Å². The molecule has 1 N–H and O–H groups in total. The number of rotatable bonds is 5. The van der Waals surface area contributed by atoms with E-state index < -0.39 is 0 Å². The summed E-state index contributed by atoms with van der Waals surface area (Å²) in [4.78, 5) is 13.4. The first-order chi connectivity index (χ1) is 8.65.